The van der Waals surface area contributed by atoms with Gasteiger partial charge in [0.2, 0.25) is 0 Å². The second-order valence-electron chi connectivity index (χ2n) is 3.92. The molecule has 1 aromatic rings. The van der Waals surface area contributed by atoms with Crippen molar-refractivity contribution in [2.75, 3.05) is 6.54 Å². The van der Waals surface area contributed by atoms with Crippen LogP contribution in [0.5, 0.6) is 0 Å². The Labute approximate surface area is 119 Å². The van der Waals surface area contributed by atoms with Crippen molar-refractivity contribution in [3.8, 4) is 0 Å². The van der Waals surface area contributed by atoms with E-state index in [1.807, 2.05) is 0 Å². The number of nitrogens with zero attached hydrogens (tertiary/aromatic N) is 2. The van der Waals surface area contributed by atoms with Crippen molar-refractivity contribution < 1.29 is 24.3 Å². The standard InChI is InChI=1S/C11H12ClN3O5/c1-2-15(20-11(9(16)17)10(18)19-11)14-6-7-3-4-8(12)13-5-7/h3-5,14H,2,6H2,1H3,(H,16,17). The van der Waals surface area contributed by atoms with Gasteiger partial charge in [0.05, 0.1) is 0 Å². The summed E-state index contributed by atoms with van der Waals surface area (Å²) < 4.78 is 4.39. The van der Waals surface area contributed by atoms with Crippen LogP contribution in [0.2, 0.25) is 5.15 Å². The maximum atomic E-state index is 11.0. The first-order valence-corrected chi connectivity index (χ1v) is 6.13. The molecule has 20 heavy (non-hydrogen) atoms. The fraction of sp³-hybridized carbons (Fsp3) is 0.364. The first kappa shape index (κ1) is 14.7. The molecule has 0 aromatic carbocycles. The minimum absolute atomic E-state index is 0.298. The average molecular weight is 302 g/mol. The summed E-state index contributed by atoms with van der Waals surface area (Å²) in [5, 5.41) is 10.4. The minimum atomic E-state index is -2.22. The zero-order valence-electron chi connectivity index (χ0n) is 10.5. The van der Waals surface area contributed by atoms with Gasteiger partial charge in [-0.05, 0) is 18.6 Å². The van der Waals surface area contributed by atoms with Crippen molar-refractivity contribution in [2.24, 2.45) is 0 Å². The number of carboxylic acid groups (broad SMARTS) is 1. The third kappa shape index (κ3) is 3.05. The number of hydroxylamine groups is 1. The lowest BCUT2D eigenvalue weighted by Crippen LogP contribution is -2.45. The zero-order valence-corrected chi connectivity index (χ0v) is 11.3. The minimum Gasteiger partial charge on any atom is -0.476 e. The monoisotopic (exact) mass is 301 g/mol. The van der Waals surface area contributed by atoms with E-state index in [4.69, 9.17) is 21.5 Å². The average Bonchev–Trinajstić information content (AvgIpc) is 3.08. The van der Waals surface area contributed by atoms with Crippen molar-refractivity contribution in [3.63, 3.8) is 0 Å². The highest BCUT2D eigenvalue weighted by molar-refractivity contribution is 6.29. The molecule has 8 nitrogen and oxygen atoms in total. The molecule has 1 atom stereocenters. The Morgan fingerprint density at radius 1 is 1.65 bits per heavy atom. The summed E-state index contributed by atoms with van der Waals surface area (Å²) in [7, 11) is 0. The molecule has 0 bridgehead atoms. The molecule has 1 saturated heterocycles. The van der Waals surface area contributed by atoms with Gasteiger partial charge >= 0.3 is 17.7 Å². The molecule has 1 unspecified atom stereocenters. The number of nitrogens with one attached hydrogen (secondary N) is 1. The van der Waals surface area contributed by atoms with Gasteiger partial charge in [-0.2, -0.15) is 0 Å². The molecule has 9 heteroatoms. The number of carbonyl (C=O) groups is 2. The molecule has 1 aromatic heterocycles. The number of rotatable bonds is 7. The summed E-state index contributed by atoms with van der Waals surface area (Å²) in [6.07, 6.45) is 1.56. The van der Waals surface area contributed by atoms with Gasteiger partial charge in [0.15, 0.2) is 0 Å². The summed E-state index contributed by atoms with van der Waals surface area (Å²) in [5.74, 6) is -4.64. The number of hydrazine groups is 1. The number of cyclic esters (lactones) is 1. The number of hydrogen-bond acceptors (Lipinski definition) is 7. The number of aliphatic carboxylic acids is 1. The molecule has 0 aliphatic carbocycles. The van der Waals surface area contributed by atoms with Crippen LogP contribution in [0.1, 0.15) is 12.5 Å². The summed E-state index contributed by atoms with van der Waals surface area (Å²) in [6, 6.07) is 3.38. The van der Waals surface area contributed by atoms with E-state index in [1.165, 1.54) is 0 Å². The lowest BCUT2D eigenvalue weighted by molar-refractivity contribution is -0.267. The smallest absolute Gasteiger partial charge is 0.430 e. The van der Waals surface area contributed by atoms with Crippen LogP contribution in [0.4, 0.5) is 0 Å². The highest BCUT2D eigenvalue weighted by atomic mass is 35.5. The normalized spacial score (nSPS) is 20.9. The van der Waals surface area contributed by atoms with Crippen LogP contribution in [0.25, 0.3) is 0 Å². The van der Waals surface area contributed by atoms with Gasteiger partial charge in [-0.15, -0.1) is 5.17 Å². The zero-order chi connectivity index (χ0) is 14.8. The van der Waals surface area contributed by atoms with Crippen LogP contribution in [-0.4, -0.2) is 39.5 Å². The fourth-order valence-electron chi connectivity index (χ4n) is 1.39. The first-order chi connectivity index (χ1) is 9.48. The van der Waals surface area contributed by atoms with E-state index >= 15 is 0 Å². The SMILES string of the molecule is CCN(NCc1ccc(Cl)nc1)OC1(C(=O)O)OC1=O. The second kappa shape index (κ2) is 5.71. The van der Waals surface area contributed by atoms with Gasteiger partial charge in [-0.1, -0.05) is 17.7 Å². The van der Waals surface area contributed by atoms with E-state index < -0.39 is 17.7 Å². The van der Waals surface area contributed by atoms with Gasteiger partial charge in [0, 0.05) is 19.3 Å². The predicted molar refractivity (Wildman–Crippen MR) is 66.0 cm³/mol. The van der Waals surface area contributed by atoms with Gasteiger partial charge in [0.1, 0.15) is 5.15 Å². The highest BCUT2D eigenvalue weighted by Gasteiger charge is 2.70. The third-order valence-electron chi connectivity index (χ3n) is 2.52. The number of carboxylic acids is 1. The lowest BCUT2D eigenvalue weighted by Gasteiger charge is -2.21. The van der Waals surface area contributed by atoms with E-state index in [0.29, 0.717) is 18.2 Å². The number of aromatic nitrogens is 1. The van der Waals surface area contributed by atoms with Crippen molar-refractivity contribution in [3.05, 3.63) is 29.0 Å². The Hall–Kier alpha value is -1.74. The van der Waals surface area contributed by atoms with Crippen LogP contribution in [-0.2, 0) is 25.7 Å². The number of hydrogen-bond donors (Lipinski definition) is 2. The number of carbonyl (C=O) groups excluding carboxylic acids is 1. The predicted octanol–water partition coefficient (Wildman–Crippen LogP) is 0.331. The number of epoxide rings is 1. The maximum absolute atomic E-state index is 11.0. The second-order valence-corrected chi connectivity index (χ2v) is 4.31. The van der Waals surface area contributed by atoms with Gasteiger partial charge in [-0.3, -0.25) is 0 Å². The highest BCUT2D eigenvalue weighted by Crippen LogP contribution is 2.31. The molecule has 0 spiro atoms. The van der Waals surface area contributed by atoms with Crippen LogP contribution < -0.4 is 5.43 Å². The maximum Gasteiger partial charge on any atom is 0.430 e. The van der Waals surface area contributed by atoms with E-state index in [-0.39, 0.29) is 0 Å². The third-order valence-corrected chi connectivity index (χ3v) is 2.74. The van der Waals surface area contributed by atoms with Crippen molar-refractivity contribution in [2.45, 2.75) is 19.3 Å². The molecule has 0 saturated carbocycles. The molecule has 1 aliphatic rings. The topological polar surface area (TPSA) is 104 Å². The van der Waals surface area contributed by atoms with E-state index in [9.17, 15) is 9.59 Å². The summed E-state index contributed by atoms with van der Waals surface area (Å²) in [4.78, 5) is 30.8. The summed E-state index contributed by atoms with van der Waals surface area (Å²) >= 11 is 5.66. The van der Waals surface area contributed by atoms with Gasteiger partial charge < -0.3 is 9.84 Å². The summed E-state index contributed by atoms with van der Waals surface area (Å²) in [5.41, 5.74) is 3.62. The molecule has 1 fully saturated rings. The Bertz CT molecular complexity index is 523. The number of halogens is 1. The molecule has 2 N–H and O–H groups in total. The molecule has 2 rings (SSSR count). The van der Waals surface area contributed by atoms with Crippen molar-refractivity contribution in [1.82, 2.24) is 15.6 Å². The van der Waals surface area contributed by atoms with Gasteiger partial charge in [0.25, 0.3) is 0 Å². The molecule has 0 radical (unpaired) electrons. The Morgan fingerprint density at radius 2 is 2.35 bits per heavy atom. The Balaban J connectivity index is 1.91. The largest absolute Gasteiger partial charge is 0.476 e. The molecular weight excluding hydrogens is 290 g/mol. The molecule has 108 valence electrons. The Morgan fingerprint density at radius 3 is 2.80 bits per heavy atom. The molecule has 2 heterocycles. The van der Waals surface area contributed by atoms with E-state index in [0.717, 1.165) is 10.7 Å². The number of pyridine rings is 1. The molecule has 1 aliphatic heterocycles. The van der Waals surface area contributed by atoms with Gasteiger partial charge in [-0.25, -0.2) is 24.8 Å². The fourth-order valence-corrected chi connectivity index (χ4v) is 1.50. The van der Waals surface area contributed by atoms with Crippen molar-refractivity contribution in [1.29, 1.82) is 0 Å². The first-order valence-electron chi connectivity index (χ1n) is 5.75. The van der Waals surface area contributed by atoms with E-state index in [1.54, 1.807) is 25.3 Å². The van der Waals surface area contributed by atoms with Crippen LogP contribution >= 0.6 is 11.6 Å². The molecule has 0 amide bonds. The summed E-state index contributed by atoms with van der Waals surface area (Å²) in [6.45, 7) is 2.34. The van der Waals surface area contributed by atoms with Crippen LogP contribution in [0.15, 0.2) is 18.3 Å². The van der Waals surface area contributed by atoms with Crippen LogP contribution in [0.3, 0.4) is 0 Å². The molecular formula is C11H12ClN3O5. The van der Waals surface area contributed by atoms with E-state index in [2.05, 4.69) is 15.1 Å². The number of ether oxygens (including phenoxy) is 1. The quantitative estimate of drug-likeness (QED) is 0.321. The lowest BCUT2D eigenvalue weighted by atomic mass is 10.3. The van der Waals surface area contributed by atoms with Crippen LogP contribution in [0, 0.1) is 0 Å². The van der Waals surface area contributed by atoms with Crippen molar-refractivity contribution >= 4 is 23.5 Å². The Kier molecular flexibility index (Phi) is 4.19.